The molecule has 2 aromatic carbocycles. The summed E-state index contributed by atoms with van der Waals surface area (Å²) < 4.78 is 0. The standard InChI is InChI=1S/C21H21N3O/c1-15-7-6-10-19(16(15)2)24-20-12-11-18(14-22-20)23-21(25)13-17-8-4-3-5-9-17/h3-12,14H,13H2,1-2H3,(H,22,24)(H,23,25). The highest BCUT2D eigenvalue weighted by Crippen LogP contribution is 2.22. The van der Waals surface area contributed by atoms with Crippen molar-refractivity contribution in [1.82, 2.24) is 4.98 Å². The average Bonchev–Trinajstić information content (AvgIpc) is 2.61. The van der Waals surface area contributed by atoms with Gasteiger partial charge in [-0.15, -0.1) is 0 Å². The molecule has 0 spiro atoms. The van der Waals surface area contributed by atoms with Crippen molar-refractivity contribution < 1.29 is 4.79 Å². The summed E-state index contributed by atoms with van der Waals surface area (Å²) in [6.45, 7) is 4.16. The third kappa shape index (κ3) is 4.44. The van der Waals surface area contributed by atoms with E-state index in [-0.39, 0.29) is 5.91 Å². The van der Waals surface area contributed by atoms with Crippen LogP contribution in [0.25, 0.3) is 0 Å². The fourth-order valence-corrected chi connectivity index (χ4v) is 2.55. The highest BCUT2D eigenvalue weighted by atomic mass is 16.1. The van der Waals surface area contributed by atoms with Gasteiger partial charge in [-0.1, -0.05) is 42.5 Å². The number of carbonyl (C=O) groups excluding carboxylic acids is 1. The second-order valence-electron chi connectivity index (χ2n) is 6.02. The Kier molecular flexibility index (Phi) is 5.09. The van der Waals surface area contributed by atoms with Crippen LogP contribution in [0.4, 0.5) is 17.2 Å². The Labute approximate surface area is 147 Å². The van der Waals surface area contributed by atoms with E-state index in [2.05, 4.69) is 35.5 Å². The predicted molar refractivity (Wildman–Crippen MR) is 102 cm³/mol. The number of rotatable bonds is 5. The lowest BCUT2D eigenvalue weighted by Crippen LogP contribution is -2.14. The van der Waals surface area contributed by atoms with Crippen molar-refractivity contribution in [2.24, 2.45) is 0 Å². The maximum atomic E-state index is 12.1. The van der Waals surface area contributed by atoms with E-state index >= 15 is 0 Å². The van der Waals surface area contributed by atoms with Gasteiger partial charge in [0.25, 0.3) is 0 Å². The molecule has 0 aliphatic carbocycles. The van der Waals surface area contributed by atoms with Crippen LogP contribution in [0.2, 0.25) is 0 Å². The first-order chi connectivity index (χ1) is 12.1. The number of hydrogen-bond donors (Lipinski definition) is 2. The fourth-order valence-electron chi connectivity index (χ4n) is 2.55. The Morgan fingerprint density at radius 2 is 1.76 bits per heavy atom. The summed E-state index contributed by atoms with van der Waals surface area (Å²) in [4.78, 5) is 16.5. The van der Waals surface area contributed by atoms with E-state index in [1.54, 1.807) is 6.20 Å². The van der Waals surface area contributed by atoms with Gasteiger partial charge in [-0.2, -0.15) is 0 Å². The third-order valence-electron chi connectivity index (χ3n) is 4.12. The molecule has 0 aliphatic heterocycles. The minimum absolute atomic E-state index is 0.0526. The zero-order chi connectivity index (χ0) is 17.6. The second kappa shape index (κ2) is 7.62. The van der Waals surface area contributed by atoms with E-state index in [0.717, 1.165) is 17.1 Å². The van der Waals surface area contributed by atoms with Gasteiger partial charge in [0.2, 0.25) is 5.91 Å². The Morgan fingerprint density at radius 3 is 2.48 bits per heavy atom. The lowest BCUT2D eigenvalue weighted by Gasteiger charge is -2.11. The van der Waals surface area contributed by atoms with Crippen molar-refractivity contribution in [3.63, 3.8) is 0 Å². The lowest BCUT2D eigenvalue weighted by atomic mass is 10.1. The van der Waals surface area contributed by atoms with Crippen LogP contribution in [0.5, 0.6) is 0 Å². The summed E-state index contributed by atoms with van der Waals surface area (Å²) in [7, 11) is 0. The number of anilines is 3. The van der Waals surface area contributed by atoms with Gasteiger partial charge in [0, 0.05) is 5.69 Å². The number of amides is 1. The van der Waals surface area contributed by atoms with Gasteiger partial charge < -0.3 is 10.6 Å². The fraction of sp³-hybridized carbons (Fsp3) is 0.143. The van der Waals surface area contributed by atoms with Crippen LogP contribution in [0.3, 0.4) is 0 Å². The topological polar surface area (TPSA) is 54.0 Å². The van der Waals surface area contributed by atoms with Crippen molar-refractivity contribution in [2.45, 2.75) is 20.3 Å². The van der Waals surface area contributed by atoms with Gasteiger partial charge in [-0.3, -0.25) is 4.79 Å². The summed E-state index contributed by atoms with van der Waals surface area (Å²) in [5.41, 5.74) is 5.14. The molecule has 0 radical (unpaired) electrons. The first kappa shape index (κ1) is 16.7. The quantitative estimate of drug-likeness (QED) is 0.717. The molecule has 0 aliphatic rings. The molecule has 1 heterocycles. The van der Waals surface area contributed by atoms with E-state index < -0.39 is 0 Å². The van der Waals surface area contributed by atoms with Crippen LogP contribution in [0.1, 0.15) is 16.7 Å². The predicted octanol–water partition coefficient (Wildman–Crippen LogP) is 4.62. The van der Waals surface area contributed by atoms with Crippen molar-refractivity contribution in [3.05, 3.63) is 83.6 Å². The van der Waals surface area contributed by atoms with Crippen molar-refractivity contribution in [2.75, 3.05) is 10.6 Å². The molecule has 0 unspecified atom stereocenters. The summed E-state index contributed by atoms with van der Waals surface area (Å²) in [5, 5.41) is 6.18. The summed E-state index contributed by atoms with van der Waals surface area (Å²) in [6, 6.07) is 19.5. The third-order valence-corrected chi connectivity index (χ3v) is 4.12. The molecule has 126 valence electrons. The number of aromatic nitrogens is 1. The minimum Gasteiger partial charge on any atom is -0.340 e. The van der Waals surface area contributed by atoms with Crippen LogP contribution in [-0.2, 0) is 11.2 Å². The van der Waals surface area contributed by atoms with Crippen LogP contribution in [-0.4, -0.2) is 10.9 Å². The van der Waals surface area contributed by atoms with Crippen LogP contribution >= 0.6 is 0 Å². The molecule has 25 heavy (non-hydrogen) atoms. The van der Waals surface area contributed by atoms with Gasteiger partial charge in [0.05, 0.1) is 18.3 Å². The highest BCUT2D eigenvalue weighted by molar-refractivity contribution is 5.92. The first-order valence-corrected chi connectivity index (χ1v) is 8.25. The van der Waals surface area contributed by atoms with Gasteiger partial charge in [0.15, 0.2) is 0 Å². The van der Waals surface area contributed by atoms with E-state index in [9.17, 15) is 4.79 Å². The Bertz CT molecular complexity index is 858. The number of aryl methyl sites for hydroxylation is 1. The van der Waals surface area contributed by atoms with Gasteiger partial charge >= 0.3 is 0 Å². The second-order valence-corrected chi connectivity index (χ2v) is 6.02. The number of nitrogens with zero attached hydrogens (tertiary/aromatic N) is 1. The molecule has 0 fully saturated rings. The van der Waals surface area contributed by atoms with E-state index in [0.29, 0.717) is 12.1 Å². The average molecular weight is 331 g/mol. The van der Waals surface area contributed by atoms with Gasteiger partial charge in [-0.25, -0.2) is 4.98 Å². The Balaban J connectivity index is 1.62. The molecule has 0 atom stereocenters. The van der Waals surface area contributed by atoms with Crippen molar-refractivity contribution in [1.29, 1.82) is 0 Å². The minimum atomic E-state index is -0.0526. The monoisotopic (exact) mass is 331 g/mol. The number of carbonyl (C=O) groups is 1. The summed E-state index contributed by atoms with van der Waals surface area (Å²) >= 11 is 0. The van der Waals surface area contributed by atoms with E-state index in [4.69, 9.17) is 0 Å². The number of hydrogen-bond acceptors (Lipinski definition) is 3. The SMILES string of the molecule is Cc1cccc(Nc2ccc(NC(=O)Cc3ccccc3)cn2)c1C. The first-order valence-electron chi connectivity index (χ1n) is 8.25. The zero-order valence-electron chi connectivity index (χ0n) is 14.4. The molecule has 1 aromatic heterocycles. The summed E-state index contributed by atoms with van der Waals surface area (Å²) in [5.74, 6) is 0.693. The maximum absolute atomic E-state index is 12.1. The van der Waals surface area contributed by atoms with Gasteiger partial charge in [-0.05, 0) is 48.7 Å². The molecule has 1 amide bonds. The van der Waals surface area contributed by atoms with Crippen LogP contribution < -0.4 is 10.6 Å². The lowest BCUT2D eigenvalue weighted by molar-refractivity contribution is -0.115. The number of benzene rings is 2. The highest BCUT2D eigenvalue weighted by Gasteiger charge is 2.05. The van der Waals surface area contributed by atoms with Crippen LogP contribution in [0.15, 0.2) is 66.9 Å². The Hall–Kier alpha value is -3.14. The molecule has 0 saturated heterocycles. The maximum Gasteiger partial charge on any atom is 0.228 e. The summed E-state index contributed by atoms with van der Waals surface area (Å²) in [6.07, 6.45) is 2.01. The smallest absolute Gasteiger partial charge is 0.228 e. The molecule has 0 saturated carbocycles. The molecule has 4 heteroatoms. The van der Waals surface area contributed by atoms with Crippen molar-refractivity contribution in [3.8, 4) is 0 Å². The van der Waals surface area contributed by atoms with E-state index in [1.807, 2.05) is 54.6 Å². The van der Waals surface area contributed by atoms with Crippen molar-refractivity contribution >= 4 is 23.1 Å². The van der Waals surface area contributed by atoms with Gasteiger partial charge in [0.1, 0.15) is 5.82 Å². The van der Waals surface area contributed by atoms with Crippen LogP contribution in [0, 0.1) is 13.8 Å². The molecular weight excluding hydrogens is 310 g/mol. The molecule has 2 N–H and O–H groups in total. The molecule has 3 rings (SSSR count). The number of pyridine rings is 1. The molecule has 3 aromatic rings. The number of nitrogens with one attached hydrogen (secondary N) is 2. The zero-order valence-corrected chi connectivity index (χ0v) is 14.4. The molecular formula is C21H21N3O. The normalized spacial score (nSPS) is 10.3. The molecule has 0 bridgehead atoms. The molecule has 4 nitrogen and oxygen atoms in total. The largest absolute Gasteiger partial charge is 0.340 e. The Morgan fingerprint density at radius 1 is 0.960 bits per heavy atom. The van der Waals surface area contributed by atoms with E-state index in [1.165, 1.54) is 11.1 Å².